The van der Waals surface area contributed by atoms with Crippen LogP contribution in [0.1, 0.15) is 40.7 Å². The van der Waals surface area contributed by atoms with Crippen LogP contribution in [0.2, 0.25) is 0 Å². The molecule has 30 heavy (non-hydrogen) atoms. The van der Waals surface area contributed by atoms with E-state index in [4.69, 9.17) is 8.83 Å². The van der Waals surface area contributed by atoms with E-state index in [1.165, 1.54) is 12.1 Å². The van der Waals surface area contributed by atoms with Gasteiger partial charge >= 0.3 is 0 Å². The Morgan fingerprint density at radius 1 is 1.10 bits per heavy atom. The molecule has 2 bridgehead atoms. The Hall–Kier alpha value is -2.57. The second-order valence-electron chi connectivity index (χ2n) is 9.01. The molecule has 158 valence electrons. The van der Waals surface area contributed by atoms with E-state index in [1.54, 1.807) is 12.5 Å². The predicted octanol–water partition coefficient (Wildman–Crippen LogP) is 3.59. The predicted molar refractivity (Wildman–Crippen MR) is 114 cm³/mol. The molecule has 0 amide bonds. The first kappa shape index (κ1) is 19.4. The summed E-state index contributed by atoms with van der Waals surface area (Å²) in [5.41, 5.74) is 3.36. The Kier molecular flexibility index (Phi) is 5.13. The van der Waals surface area contributed by atoms with E-state index in [1.807, 2.05) is 36.7 Å². The number of aromatic nitrogens is 1. The first-order valence-corrected chi connectivity index (χ1v) is 10.7. The Balaban J connectivity index is 1.31. The summed E-state index contributed by atoms with van der Waals surface area (Å²) >= 11 is 0. The fourth-order valence-corrected chi connectivity index (χ4v) is 5.17. The molecule has 6 nitrogen and oxygen atoms in total. The SMILES string of the molecule is Cc1ccc(CN2C[C@@H]3C[C@H](C2)c2ccc(CN(C)Cc4ccoc4)c(=O)n2C3)o1. The largest absolute Gasteiger partial charge is 0.472 e. The molecular formula is C24H29N3O3. The zero-order chi connectivity index (χ0) is 20.7. The van der Waals surface area contributed by atoms with Crippen molar-refractivity contribution in [2.45, 2.75) is 45.4 Å². The van der Waals surface area contributed by atoms with E-state index in [2.05, 4.69) is 21.9 Å². The molecule has 1 fully saturated rings. The average Bonchev–Trinajstić information content (AvgIpc) is 3.36. The minimum atomic E-state index is 0.177. The van der Waals surface area contributed by atoms with Gasteiger partial charge < -0.3 is 13.4 Å². The van der Waals surface area contributed by atoms with Crippen molar-refractivity contribution in [1.29, 1.82) is 0 Å². The van der Waals surface area contributed by atoms with Gasteiger partial charge in [-0.25, -0.2) is 0 Å². The highest BCUT2D eigenvalue weighted by atomic mass is 16.3. The standard InChI is InChI=1S/C24H29N3O3/c1-17-3-5-22(30-17)15-26-11-19-9-21(14-26)23-6-4-20(24(28)27(23)12-19)13-25(2)10-18-7-8-29-16-18/h3-8,16,19,21H,9-15H2,1-2H3/t19-,21+/m0/s1. The molecule has 6 heteroatoms. The van der Waals surface area contributed by atoms with Crippen LogP contribution in [0.4, 0.5) is 0 Å². The quantitative estimate of drug-likeness (QED) is 0.625. The number of nitrogens with zero attached hydrogens (tertiary/aromatic N) is 3. The molecule has 0 N–H and O–H groups in total. The normalized spacial score (nSPS) is 21.2. The lowest BCUT2D eigenvalue weighted by Gasteiger charge is -2.42. The lowest BCUT2D eigenvalue weighted by molar-refractivity contribution is 0.107. The van der Waals surface area contributed by atoms with Crippen molar-refractivity contribution in [1.82, 2.24) is 14.4 Å². The number of hydrogen-bond donors (Lipinski definition) is 0. The first-order chi connectivity index (χ1) is 14.5. The molecule has 0 saturated carbocycles. The van der Waals surface area contributed by atoms with Crippen LogP contribution in [-0.4, -0.2) is 34.5 Å². The molecule has 3 aromatic heterocycles. The number of likely N-dealkylation sites (tertiary alicyclic amines) is 1. The monoisotopic (exact) mass is 407 g/mol. The second kappa shape index (κ2) is 7.93. The maximum absolute atomic E-state index is 13.2. The minimum absolute atomic E-state index is 0.177. The molecule has 2 atom stereocenters. The minimum Gasteiger partial charge on any atom is -0.472 e. The molecule has 2 aliphatic rings. The van der Waals surface area contributed by atoms with Crippen molar-refractivity contribution >= 4 is 0 Å². The Bertz CT molecular complexity index is 1070. The second-order valence-corrected chi connectivity index (χ2v) is 9.01. The molecule has 3 aromatic rings. The molecular weight excluding hydrogens is 378 g/mol. The number of furan rings is 2. The lowest BCUT2D eigenvalue weighted by Crippen LogP contribution is -2.47. The summed E-state index contributed by atoms with van der Waals surface area (Å²) in [4.78, 5) is 17.9. The van der Waals surface area contributed by atoms with Crippen LogP contribution < -0.4 is 5.56 Å². The highest BCUT2D eigenvalue weighted by Crippen LogP contribution is 2.35. The van der Waals surface area contributed by atoms with E-state index in [0.29, 0.717) is 18.4 Å². The summed E-state index contributed by atoms with van der Waals surface area (Å²) < 4.78 is 13.0. The van der Waals surface area contributed by atoms with Crippen molar-refractivity contribution < 1.29 is 8.83 Å². The third-order valence-electron chi connectivity index (χ3n) is 6.41. The van der Waals surface area contributed by atoms with Gasteiger partial charge in [0.15, 0.2) is 0 Å². The number of hydrogen-bond acceptors (Lipinski definition) is 5. The van der Waals surface area contributed by atoms with Crippen LogP contribution in [0.25, 0.3) is 0 Å². The van der Waals surface area contributed by atoms with Gasteiger partial charge in [-0.2, -0.15) is 0 Å². The molecule has 0 unspecified atom stereocenters. The summed E-state index contributed by atoms with van der Waals surface area (Å²) in [7, 11) is 2.04. The van der Waals surface area contributed by atoms with Crippen LogP contribution in [0.5, 0.6) is 0 Å². The van der Waals surface area contributed by atoms with Gasteiger partial charge in [-0.3, -0.25) is 14.6 Å². The van der Waals surface area contributed by atoms with Gasteiger partial charge in [0.25, 0.3) is 5.56 Å². The number of pyridine rings is 1. The van der Waals surface area contributed by atoms with Crippen molar-refractivity contribution in [2.75, 3.05) is 20.1 Å². The molecule has 2 aliphatic heterocycles. The molecule has 1 saturated heterocycles. The van der Waals surface area contributed by atoms with E-state index < -0.39 is 0 Å². The third-order valence-corrected chi connectivity index (χ3v) is 6.41. The van der Waals surface area contributed by atoms with Gasteiger partial charge in [0.2, 0.25) is 0 Å². The van der Waals surface area contributed by atoms with Crippen LogP contribution in [0, 0.1) is 12.8 Å². The summed E-state index contributed by atoms with van der Waals surface area (Å²) in [6.45, 7) is 7.07. The number of piperidine rings is 1. The third kappa shape index (κ3) is 3.89. The van der Waals surface area contributed by atoms with Gasteiger partial charge in [0.05, 0.1) is 19.1 Å². The lowest BCUT2D eigenvalue weighted by atomic mass is 9.83. The average molecular weight is 408 g/mol. The number of rotatable bonds is 6. The zero-order valence-corrected chi connectivity index (χ0v) is 17.7. The summed E-state index contributed by atoms with van der Waals surface area (Å²) in [5.74, 6) is 2.92. The highest BCUT2D eigenvalue weighted by Gasteiger charge is 2.35. The van der Waals surface area contributed by atoms with E-state index in [0.717, 1.165) is 55.4 Å². The molecule has 0 aromatic carbocycles. The van der Waals surface area contributed by atoms with Crippen molar-refractivity contribution in [2.24, 2.45) is 5.92 Å². The maximum Gasteiger partial charge on any atom is 0.255 e. The topological polar surface area (TPSA) is 54.8 Å². The Morgan fingerprint density at radius 3 is 2.77 bits per heavy atom. The van der Waals surface area contributed by atoms with E-state index >= 15 is 0 Å². The van der Waals surface area contributed by atoms with E-state index in [9.17, 15) is 4.79 Å². The number of fused-ring (bicyclic) bond motifs is 4. The van der Waals surface area contributed by atoms with Gasteiger partial charge in [-0.15, -0.1) is 0 Å². The van der Waals surface area contributed by atoms with Crippen molar-refractivity contribution in [3.8, 4) is 0 Å². The molecule has 5 heterocycles. The summed E-state index contributed by atoms with van der Waals surface area (Å²) in [5, 5.41) is 0. The van der Waals surface area contributed by atoms with Crippen LogP contribution >= 0.6 is 0 Å². The zero-order valence-electron chi connectivity index (χ0n) is 17.7. The fraction of sp³-hybridized carbons (Fsp3) is 0.458. The van der Waals surface area contributed by atoms with Crippen LogP contribution in [0.15, 0.2) is 56.5 Å². The van der Waals surface area contributed by atoms with Crippen molar-refractivity contribution in [3.63, 3.8) is 0 Å². The van der Waals surface area contributed by atoms with Crippen LogP contribution in [0.3, 0.4) is 0 Å². The van der Waals surface area contributed by atoms with Crippen LogP contribution in [-0.2, 0) is 26.2 Å². The smallest absolute Gasteiger partial charge is 0.255 e. The van der Waals surface area contributed by atoms with Crippen molar-refractivity contribution in [3.05, 3.63) is 81.6 Å². The fourth-order valence-electron chi connectivity index (χ4n) is 5.17. The van der Waals surface area contributed by atoms with Gasteiger partial charge in [0.1, 0.15) is 11.5 Å². The first-order valence-electron chi connectivity index (χ1n) is 10.7. The molecule has 0 aliphatic carbocycles. The van der Waals surface area contributed by atoms with Gasteiger partial charge in [0, 0.05) is 55.5 Å². The highest BCUT2D eigenvalue weighted by molar-refractivity contribution is 5.23. The molecule has 0 spiro atoms. The van der Waals surface area contributed by atoms with Gasteiger partial charge in [-0.1, -0.05) is 6.07 Å². The summed E-state index contributed by atoms with van der Waals surface area (Å²) in [6, 6.07) is 10.3. The maximum atomic E-state index is 13.2. The number of aryl methyl sites for hydroxylation is 1. The van der Waals surface area contributed by atoms with Gasteiger partial charge in [-0.05, 0) is 50.6 Å². The Labute approximate surface area is 176 Å². The Morgan fingerprint density at radius 2 is 2.00 bits per heavy atom. The molecule has 0 radical (unpaired) electrons. The summed E-state index contributed by atoms with van der Waals surface area (Å²) in [6.07, 6.45) is 4.62. The van der Waals surface area contributed by atoms with E-state index in [-0.39, 0.29) is 5.56 Å². The molecule has 5 rings (SSSR count).